The number of nitrogens with zero attached hydrogens (tertiary/aromatic N) is 1. The standard InChI is InChI=1S/C9H14N2O2/c1-12-6-8(10)7-3-4-9(13-2)11-5-7/h3-5,8H,6,10H2,1-2H3/t8-/m0/s1. The summed E-state index contributed by atoms with van der Waals surface area (Å²) < 4.78 is 9.86. The summed E-state index contributed by atoms with van der Waals surface area (Å²) in [5.41, 5.74) is 6.74. The maximum absolute atomic E-state index is 5.79. The summed E-state index contributed by atoms with van der Waals surface area (Å²) in [5, 5.41) is 0. The Bertz CT molecular complexity index is 248. The summed E-state index contributed by atoms with van der Waals surface area (Å²) in [6.45, 7) is 0.494. The fourth-order valence-electron chi connectivity index (χ4n) is 1.01. The molecule has 0 aliphatic carbocycles. The van der Waals surface area contributed by atoms with Crippen LogP contribution in [-0.4, -0.2) is 25.8 Å². The van der Waals surface area contributed by atoms with Crippen LogP contribution in [0.15, 0.2) is 18.3 Å². The van der Waals surface area contributed by atoms with Crippen LogP contribution in [-0.2, 0) is 4.74 Å². The van der Waals surface area contributed by atoms with E-state index in [-0.39, 0.29) is 6.04 Å². The summed E-state index contributed by atoms with van der Waals surface area (Å²) in [4.78, 5) is 4.04. The Hall–Kier alpha value is -1.13. The third-order valence-electron chi connectivity index (χ3n) is 1.74. The molecule has 1 heterocycles. The molecule has 0 radical (unpaired) electrons. The van der Waals surface area contributed by atoms with Gasteiger partial charge in [0.15, 0.2) is 0 Å². The SMILES string of the molecule is COC[C@H](N)c1ccc(OC)nc1. The third-order valence-corrected chi connectivity index (χ3v) is 1.74. The lowest BCUT2D eigenvalue weighted by Gasteiger charge is -2.10. The van der Waals surface area contributed by atoms with E-state index in [4.69, 9.17) is 15.2 Å². The molecule has 0 saturated carbocycles. The van der Waals surface area contributed by atoms with Gasteiger partial charge in [0.1, 0.15) is 0 Å². The van der Waals surface area contributed by atoms with E-state index < -0.39 is 0 Å². The lowest BCUT2D eigenvalue weighted by molar-refractivity contribution is 0.180. The highest BCUT2D eigenvalue weighted by molar-refractivity contribution is 5.20. The van der Waals surface area contributed by atoms with E-state index in [0.29, 0.717) is 12.5 Å². The third kappa shape index (κ3) is 2.68. The molecule has 0 aliphatic rings. The Labute approximate surface area is 77.7 Å². The highest BCUT2D eigenvalue weighted by Crippen LogP contribution is 2.12. The molecule has 0 bridgehead atoms. The van der Waals surface area contributed by atoms with Gasteiger partial charge in [0.05, 0.1) is 19.8 Å². The molecule has 13 heavy (non-hydrogen) atoms. The topological polar surface area (TPSA) is 57.4 Å². The Kier molecular flexibility index (Phi) is 3.67. The van der Waals surface area contributed by atoms with Crippen LogP contribution in [0.5, 0.6) is 5.88 Å². The zero-order chi connectivity index (χ0) is 9.68. The molecule has 0 spiro atoms. The van der Waals surface area contributed by atoms with Crippen LogP contribution in [0.1, 0.15) is 11.6 Å². The highest BCUT2D eigenvalue weighted by atomic mass is 16.5. The van der Waals surface area contributed by atoms with Crippen molar-refractivity contribution in [2.75, 3.05) is 20.8 Å². The van der Waals surface area contributed by atoms with Crippen molar-refractivity contribution in [3.63, 3.8) is 0 Å². The summed E-state index contributed by atoms with van der Waals surface area (Å²) in [7, 11) is 3.20. The van der Waals surface area contributed by atoms with Crippen LogP contribution in [0.2, 0.25) is 0 Å². The van der Waals surface area contributed by atoms with Crippen LogP contribution in [0.25, 0.3) is 0 Å². The molecule has 0 aromatic carbocycles. The van der Waals surface area contributed by atoms with E-state index >= 15 is 0 Å². The Morgan fingerprint density at radius 3 is 2.69 bits per heavy atom. The first-order valence-electron chi connectivity index (χ1n) is 4.02. The predicted octanol–water partition coefficient (Wildman–Crippen LogP) is 0.736. The lowest BCUT2D eigenvalue weighted by atomic mass is 10.1. The van der Waals surface area contributed by atoms with E-state index in [1.807, 2.05) is 6.07 Å². The van der Waals surface area contributed by atoms with Crippen LogP contribution in [0, 0.1) is 0 Å². The monoisotopic (exact) mass is 182 g/mol. The molecule has 0 fully saturated rings. The second-order valence-electron chi connectivity index (χ2n) is 2.70. The summed E-state index contributed by atoms with van der Waals surface area (Å²) in [6.07, 6.45) is 1.70. The van der Waals surface area contributed by atoms with Crippen LogP contribution in [0.3, 0.4) is 0 Å². The van der Waals surface area contributed by atoms with E-state index in [9.17, 15) is 0 Å². The molecule has 72 valence electrons. The molecule has 2 N–H and O–H groups in total. The number of hydrogen-bond donors (Lipinski definition) is 1. The molecule has 1 aromatic heterocycles. The predicted molar refractivity (Wildman–Crippen MR) is 49.6 cm³/mol. The summed E-state index contributed by atoms with van der Waals surface area (Å²) in [6, 6.07) is 3.55. The van der Waals surface area contributed by atoms with Crippen LogP contribution in [0.4, 0.5) is 0 Å². The zero-order valence-electron chi connectivity index (χ0n) is 7.86. The second kappa shape index (κ2) is 4.79. The fourth-order valence-corrected chi connectivity index (χ4v) is 1.01. The van der Waals surface area contributed by atoms with Gasteiger partial charge in [0.2, 0.25) is 5.88 Å². The van der Waals surface area contributed by atoms with Crippen molar-refractivity contribution in [2.24, 2.45) is 5.73 Å². The lowest BCUT2D eigenvalue weighted by Crippen LogP contribution is -2.16. The average Bonchev–Trinajstić information content (AvgIpc) is 2.18. The van der Waals surface area contributed by atoms with Gasteiger partial charge in [-0.3, -0.25) is 0 Å². The van der Waals surface area contributed by atoms with Gasteiger partial charge in [0.25, 0.3) is 0 Å². The zero-order valence-corrected chi connectivity index (χ0v) is 7.86. The fraction of sp³-hybridized carbons (Fsp3) is 0.444. The number of rotatable bonds is 4. The van der Waals surface area contributed by atoms with Crippen LogP contribution < -0.4 is 10.5 Å². The van der Waals surface area contributed by atoms with E-state index in [0.717, 1.165) is 5.56 Å². The van der Waals surface area contributed by atoms with Crippen molar-refractivity contribution in [2.45, 2.75) is 6.04 Å². The van der Waals surface area contributed by atoms with E-state index in [1.54, 1.807) is 26.5 Å². The van der Waals surface area contributed by atoms with Gasteiger partial charge in [-0.25, -0.2) is 4.98 Å². The molecule has 1 atom stereocenters. The number of hydrogen-bond acceptors (Lipinski definition) is 4. The average molecular weight is 182 g/mol. The maximum atomic E-state index is 5.79. The summed E-state index contributed by atoms with van der Waals surface area (Å²) in [5.74, 6) is 0.591. The van der Waals surface area contributed by atoms with Crippen molar-refractivity contribution in [3.05, 3.63) is 23.9 Å². The minimum atomic E-state index is -0.122. The van der Waals surface area contributed by atoms with Gasteiger partial charge in [0, 0.05) is 19.4 Å². The quantitative estimate of drug-likeness (QED) is 0.746. The van der Waals surface area contributed by atoms with Crippen molar-refractivity contribution >= 4 is 0 Å². The van der Waals surface area contributed by atoms with Gasteiger partial charge in [-0.05, 0) is 5.56 Å². The molecular formula is C9H14N2O2. The summed E-state index contributed by atoms with van der Waals surface area (Å²) >= 11 is 0. The first-order chi connectivity index (χ1) is 6.27. The number of methoxy groups -OCH3 is 2. The Morgan fingerprint density at radius 2 is 2.23 bits per heavy atom. The van der Waals surface area contributed by atoms with Crippen LogP contribution >= 0.6 is 0 Å². The molecule has 4 nitrogen and oxygen atoms in total. The van der Waals surface area contributed by atoms with Crippen molar-refractivity contribution < 1.29 is 9.47 Å². The van der Waals surface area contributed by atoms with Crippen molar-refractivity contribution in [1.82, 2.24) is 4.98 Å². The Morgan fingerprint density at radius 1 is 1.46 bits per heavy atom. The number of nitrogens with two attached hydrogens (primary N) is 1. The van der Waals surface area contributed by atoms with E-state index in [2.05, 4.69) is 4.98 Å². The number of ether oxygens (including phenoxy) is 2. The van der Waals surface area contributed by atoms with Crippen molar-refractivity contribution in [1.29, 1.82) is 0 Å². The normalized spacial score (nSPS) is 12.5. The van der Waals surface area contributed by atoms with Gasteiger partial charge >= 0.3 is 0 Å². The molecular weight excluding hydrogens is 168 g/mol. The number of pyridine rings is 1. The second-order valence-corrected chi connectivity index (χ2v) is 2.70. The van der Waals surface area contributed by atoms with Gasteiger partial charge in [-0.2, -0.15) is 0 Å². The molecule has 1 aromatic rings. The molecule has 0 amide bonds. The Balaban J connectivity index is 2.67. The first kappa shape index (κ1) is 9.95. The smallest absolute Gasteiger partial charge is 0.212 e. The van der Waals surface area contributed by atoms with E-state index in [1.165, 1.54) is 0 Å². The maximum Gasteiger partial charge on any atom is 0.212 e. The van der Waals surface area contributed by atoms with Gasteiger partial charge in [-0.1, -0.05) is 6.07 Å². The van der Waals surface area contributed by atoms with Crippen molar-refractivity contribution in [3.8, 4) is 5.88 Å². The molecule has 0 unspecified atom stereocenters. The number of aromatic nitrogens is 1. The molecule has 0 saturated heterocycles. The highest BCUT2D eigenvalue weighted by Gasteiger charge is 2.05. The largest absolute Gasteiger partial charge is 0.481 e. The molecule has 1 rings (SSSR count). The first-order valence-corrected chi connectivity index (χ1v) is 4.02. The minimum Gasteiger partial charge on any atom is -0.481 e. The minimum absolute atomic E-state index is 0.122. The molecule has 4 heteroatoms. The van der Waals surface area contributed by atoms with Gasteiger partial charge < -0.3 is 15.2 Å². The van der Waals surface area contributed by atoms with Gasteiger partial charge in [-0.15, -0.1) is 0 Å². The molecule has 0 aliphatic heterocycles.